The molecule has 3 N–H and O–H groups in total. The summed E-state index contributed by atoms with van der Waals surface area (Å²) in [5.41, 5.74) is 5.83. The maximum Gasteiger partial charge on any atom is 0.311 e. The van der Waals surface area contributed by atoms with Crippen LogP contribution >= 0.6 is 0 Å². The lowest BCUT2D eigenvalue weighted by molar-refractivity contribution is -0.145. The highest BCUT2D eigenvalue weighted by Gasteiger charge is 2.40. The minimum absolute atomic E-state index is 0.0101. The van der Waals surface area contributed by atoms with E-state index in [2.05, 4.69) is 0 Å². The number of carboxylic acids is 1. The van der Waals surface area contributed by atoms with Crippen LogP contribution in [0.5, 0.6) is 0 Å². The number of hydrogen-bond acceptors (Lipinski definition) is 4. The lowest BCUT2D eigenvalue weighted by atomic mass is 9.71. The number of carbonyl (C=O) groups is 2. The van der Waals surface area contributed by atoms with Crippen LogP contribution in [0.1, 0.15) is 38.5 Å². The van der Waals surface area contributed by atoms with Crippen LogP contribution in [0.25, 0.3) is 0 Å². The average molecular weight is 298 g/mol. The number of hydrogen-bond donors (Lipinski definition) is 2. The van der Waals surface area contributed by atoms with Gasteiger partial charge in [-0.15, -0.1) is 0 Å². The molecule has 0 aromatic rings. The molecule has 1 aliphatic carbocycles. The van der Waals surface area contributed by atoms with E-state index < -0.39 is 11.9 Å². The highest BCUT2D eigenvalue weighted by atomic mass is 16.5. The third kappa shape index (κ3) is 3.55. The number of amides is 1. The number of ether oxygens (including phenoxy) is 1. The van der Waals surface area contributed by atoms with Gasteiger partial charge in [0.1, 0.15) is 5.92 Å². The Morgan fingerprint density at radius 1 is 1.29 bits per heavy atom. The van der Waals surface area contributed by atoms with Crippen molar-refractivity contribution in [1.82, 2.24) is 4.90 Å². The minimum Gasteiger partial charge on any atom is -0.481 e. The first-order valence-corrected chi connectivity index (χ1v) is 7.75. The Kier molecular flexibility index (Phi) is 5.22. The van der Waals surface area contributed by atoms with Gasteiger partial charge < -0.3 is 20.5 Å². The predicted molar refractivity (Wildman–Crippen MR) is 77.7 cm³/mol. The van der Waals surface area contributed by atoms with Gasteiger partial charge >= 0.3 is 5.97 Å². The lowest BCUT2D eigenvalue weighted by Gasteiger charge is -2.38. The van der Waals surface area contributed by atoms with Crippen LogP contribution in [0.2, 0.25) is 0 Å². The van der Waals surface area contributed by atoms with Crippen molar-refractivity contribution in [2.75, 3.05) is 26.8 Å². The molecule has 1 saturated heterocycles. The first-order valence-electron chi connectivity index (χ1n) is 7.75. The molecule has 2 aliphatic rings. The number of likely N-dealkylation sites (N-methyl/N-ethyl adjacent to an activating group) is 1. The smallest absolute Gasteiger partial charge is 0.311 e. The van der Waals surface area contributed by atoms with Crippen LogP contribution in [0.3, 0.4) is 0 Å². The summed E-state index contributed by atoms with van der Waals surface area (Å²) in [6, 6.07) is -0.367. The van der Waals surface area contributed by atoms with Gasteiger partial charge in [-0.25, -0.2) is 0 Å². The molecule has 0 radical (unpaired) electrons. The minimum atomic E-state index is -0.900. The zero-order valence-electron chi connectivity index (χ0n) is 12.7. The van der Waals surface area contributed by atoms with Crippen LogP contribution in [0.4, 0.5) is 0 Å². The van der Waals surface area contributed by atoms with E-state index >= 15 is 0 Å². The summed E-state index contributed by atoms with van der Waals surface area (Å²) in [5, 5.41) is 9.19. The van der Waals surface area contributed by atoms with Crippen LogP contribution < -0.4 is 5.73 Å². The Labute approximate surface area is 125 Å². The fourth-order valence-electron chi connectivity index (χ4n) is 3.55. The number of aliphatic carboxylic acids is 1. The van der Waals surface area contributed by atoms with E-state index in [4.69, 9.17) is 10.5 Å². The Morgan fingerprint density at radius 2 is 1.95 bits per heavy atom. The van der Waals surface area contributed by atoms with Crippen molar-refractivity contribution in [3.8, 4) is 0 Å². The van der Waals surface area contributed by atoms with Crippen molar-refractivity contribution in [2.45, 2.75) is 44.6 Å². The number of carboxylic acid groups (broad SMARTS) is 1. The van der Waals surface area contributed by atoms with Gasteiger partial charge in [-0.05, 0) is 24.8 Å². The summed E-state index contributed by atoms with van der Waals surface area (Å²) in [6.45, 7) is 1.00. The molecular weight excluding hydrogens is 272 g/mol. The third-order valence-corrected chi connectivity index (χ3v) is 5.13. The van der Waals surface area contributed by atoms with Crippen LogP contribution in [-0.2, 0) is 14.3 Å². The lowest BCUT2D eigenvalue weighted by Crippen LogP contribution is -2.47. The molecular formula is C15H26N2O4. The van der Waals surface area contributed by atoms with Crippen LogP contribution in [-0.4, -0.2) is 54.7 Å². The van der Waals surface area contributed by atoms with E-state index in [1.165, 1.54) is 6.42 Å². The van der Waals surface area contributed by atoms with E-state index in [1.54, 1.807) is 11.9 Å². The molecule has 0 spiro atoms. The van der Waals surface area contributed by atoms with Crippen LogP contribution in [0, 0.1) is 11.3 Å². The number of nitrogens with zero attached hydrogens (tertiary/aromatic N) is 1. The summed E-state index contributed by atoms with van der Waals surface area (Å²) < 4.78 is 5.24. The molecule has 2 atom stereocenters. The molecule has 6 heteroatoms. The molecule has 1 saturated carbocycles. The Bertz CT molecular complexity index is 393. The van der Waals surface area contributed by atoms with E-state index in [-0.39, 0.29) is 24.0 Å². The molecule has 1 amide bonds. The molecule has 2 fully saturated rings. The average Bonchev–Trinajstić information content (AvgIpc) is 2.97. The first-order chi connectivity index (χ1) is 9.99. The Morgan fingerprint density at radius 3 is 2.52 bits per heavy atom. The fraction of sp³-hybridized carbons (Fsp3) is 0.867. The molecule has 21 heavy (non-hydrogen) atoms. The molecule has 120 valence electrons. The Hall–Kier alpha value is -1.14. The largest absolute Gasteiger partial charge is 0.481 e. The van der Waals surface area contributed by atoms with E-state index in [1.807, 2.05) is 0 Å². The molecule has 2 unspecified atom stereocenters. The van der Waals surface area contributed by atoms with Crippen molar-refractivity contribution >= 4 is 11.9 Å². The molecule has 2 rings (SSSR count). The van der Waals surface area contributed by atoms with E-state index in [0.717, 1.165) is 25.7 Å². The zero-order chi connectivity index (χ0) is 15.5. The zero-order valence-corrected chi connectivity index (χ0v) is 12.7. The fourth-order valence-corrected chi connectivity index (χ4v) is 3.55. The molecule has 0 aromatic heterocycles. The predicted octanol–water partition coefficient (Wildman–Crippen LogP) is 0.844. The van der Waals surface area contributed by atoms with Gasteiger partial charge in [0.25, 0.3) is 0 Å². The summed E-state index contributed by atoms with van der Waals surface area (Å²) in [4.78, 5) is 25.3. The van der Waals surface area contributed by atoms with Gasteiger partial charge in [0, 0.05) is 13.5 Å². The second kappa shape index (κ2) is 6.75. The topological polar surface area (TPSA) is 92.9 Å². The second-order valence-electron chi connectivity index (χ2n) is 6.50. The second-order valence-corrected chi connectivity index (χ2v) is 6.50. The summed E-state index contributed by atoms with van der Waals surface area (Å²) in [5.74, 6) is -1.54. The van der Waals surface area contributed by atoms with Crippen molar-refractivity contribution in [3.05, 3.63) is 0 Å². The first kappa shape index (κ1) is 16.2. The summed E-state index contributed by atoms with van der Waals surface area (Å²) in [6.07, 6.45) is 5.86. The monoisotopic (exact) mass is 298 g/mol. The molecule has 1 heterocycles. The van der Waals surface area contributed by atoms with Gasteiger partial charge in [-0.3, -0.25) is 9.59 Å². The molecule has 1 aliphatic heterocycles. The quantitative estimate of drug-likeness (QED) is 0.784. The summed E-state index contributed by atoms with van der Waals surface area (Å²) in [7, 11) is 1.69. The molecule has 0 bridgehead atoms. The van der Waals surface area contributed by atoms with Gasteiger partial charge in [0.05, 0.1) is 19.3 Å². The molecule has 6 nitrogen and oxygen atoms in total. The van der Waals surface area contributed by atoms with Crippen molar-refractivity contribution in [3.63, 3.8) is 0 Å². The van der Waals surface area contributed by atoms with Gasteiger partial charge in [-0.1, -0.05) is 19.3 Å². The van der Waals surface area contributed by atoms with Crippen LogP contribution in [0.15, 0.2) is 0 Å². The SMILES string of the molecule is CN(C(=O)CC1(CN)CCCCC1)C1COCC1C(=O)O. The summed E-state index contributed by atoms with van der Waals surface area (Å²) >= 11 is 0. The number of nitrogens with two attached hydrogens (primary N) is 1. The number of rotatable bonds is 5. The van der Waals surface area contributed by atoms with E-state index in [9.17, 15) is 14.7 Å². The Balaban J connectivity index is 2.00. The maximum absolute atomic E-state index is 12.6. The number of carbonyl (C=O) groups excluding carboxylic acids is 1. The van der Waals surface area contributed by atoms with E-state index in [0.29, 0.717) is 19.6 Å². The van der Waals surface area contributed by atoms with Gasteiger partial charge in [0.15, 0.2) is 0 Å². The van der Waals surface area contributed by atoms with Crippen molar-refractivity contribution in [1.29, 1.82) is 0 Å². The van der Waals surface area contributed by atoms with Crippen molar-refractivity contribution in [2.24, 2.45) is 17.1 Å². The third-order valence-electron chi connectivity index (χ3n) is 5.13. The highest BCUT2D eigenvalue weighted by Crippen LogP contribution is 2.39. The standard InChI is InChI=1S/C15H26N2O4/c1-17(12-9-21-8-11(12)14(19)20)13(18)7-15(10-16)5-3-2-4-6-15/h11-12H,2-10,16H2,1H3,(H,19,20). The maximum atomic E-state index is 12.6. The van der Waals surface area contributed by atoms with Gasteiger partial charge in [0.2, 0.25) is 5.91 Å². The van der Waals surface area contributed by atoms with Crippen molar-refractivity contribution < 1.29 is 19.4 Å². The highest BCUT2D eigenvalue weighted by molar-refractivity contribution is 5.79. The molecule has 0 aromatic carbocycles. The van der Waals surface area contributed by atoms with Gasteiger partial charge in [-0.2, -0.15) is 0 Å². The normalized spacial score (nSPS) is 28.3.